The van der Waals surface area contributed by atoms with Crippen LogP contribution in [0.5, 0.6) is 0 Å². The third-order valence-corrected chi connectivity index (χ3v) is 4.25. The second-order valence-corrected chi connectivity index (χ2v) is 5.31. The summed E-state index contributed by atoms with van der Waals surface area (Å²) in [6.45, 7) is 2.16. The molecule has 0 saturated carbocycles. The van der Waals surface area contributed by atoms with E-state index in [0.29, 0.717) is 0 Å². The Labute approximate surface area is 112 Å². The molecule has 3 nitrogen and oxygen atoms in total. The standard InChI is InChI=1S/C14H20N2OS/c1-3-5-12(17-2)13(16-15)11-7-4-6-10-8-9-18-14(10)11/h4,6-9,12-13,16H,3,5,15H2,1-2H3. The van der Waals surface area contributed by atoms with Crippen LogP contribution in [0.2, 0.25) is 0 Å². The molecule has 0 bridgehead atoms. The van der Waals surface area contributed by atoms with E-state index in [0.717, 1.165) is 12.8 Å². The van der Waals surface area contributed by atoms with Gasteiger partial charge in [0, 0.05) is 11.8 Å². The SMILES string of the molecule is CCCC(OC)C(NN)c1cccc2ccsc12. The summed E-state index contributed by atoms with van der Waals surface area (Å²) >= 11 is 1.75. The zero-order valence-electron chi connectivity index (χ0n) is 10.8. The fourth-order valence-corrected chi connectivity index (χ4v) is 3.32. The molecule has 1 aromatic carbocycles. The van der Waals surface area contributed by atoms with Crippen LogP contribution in [-0.4, -0.2) is 13.2 Å². The third-order valence-electron chi connectivity index (χ3n) is 3.27. The molecule has 4 heteroatoms. The van der Waals surface area contributed by atoms with Crippen molar-refractivity contribution in [1.29, 1.82) is 0 Å². The van der Waals surface area contributed by atoms with Crippen molar-refractivity contribution in [2.45, 2.75) is 31.9 Å². The van der Waals surface area contributed by atoms with Crippen molar-refractivity contribution in [1.82, 2.24) is 5.43 Å². The number of methoxy groups -OCH3 is 1. The molecule has 3 N–H and O–H groups in total. The highest BCUT2D eigenvalue weighted by Crippen LogP contribution is 2.31. The Morgan fingerprint density at radius 2 is 2.22 bits per heavy atom. The van der Waals surface area contributed by atoms with E-state index in [9.17, 15) is 0 Å². The van der Waals surface area contributed by atoms with E-state index in [-0.39, 0.29) is 12.1 Å². The normalized spacial score (nSPS) is 14.8. The highest BCUT2D eigenvalue weighted by atomic mass is 32.1. The van der Waals surface area contributed by atoms with Gasteiger partial charge < -0.3 is 4.74 Å². The summed E-state index contributed by atoms with van der Waals surface area (Å²) in [6, 6.07) is 8.51. The first-order chi connectivity index (χ1) is 8.81. The topological polar surface area (TPSA) is 47.3 Å². The molecule has 0 aliphatic heterocycles. The zero-order chi connectivity index (χ0) is 13.0. The molecule has 0 radical (unpaired) electrons. The monoisotopic (exact) mass is 264 g/mol. The number of hydrogen-bond acceptors (Lipinski definition) is 4. The molecular formula is C14H20N2OS. The maximum absolute atomic E-state index is 5.75. The molecule has 1 aromatic heterocycles. The summed E-state index contributed by atoms with van der Waals surface area (Å²) in [5, 5.41) is 3.38. The van der Waals surface area contributed by atoms with Gasteiger partial charge in [-0.25, -0.2) is 0 Å². The van der Waals surface area contributed by atoms with Crippen LogP contribution >= 0.6 is 11.3 Å². The molecule has 0 aliphatic carbocycles. The Kier molecular flexibility index (Phi) is 4.72. The second kappa shape index (κ2) is 6.29. The van der Waals surface area contributed by atoms with Crippen LogP contribution in [0.3, 0.4) is 0 Å². The summed E-state index contributed by atoms with van der Waals surface area (Å²) in [4.78, 5) is 0. The number of hydrazine groups is 1. The number of nitrogens with two attached hydrogens (primary N) is 1. The molecule has 0 amide bonds. The number of ether oxygens (including phenoxy) is 1. The molecule has 0 aliphatic rings. The molecule has 0 fully saturated rings. The van der Waals surface area contributed by atoms with Crippen LogP contribution in [0.25, 0.3) is 10.1 Å². The zero-order valence-corrected chi connectivity index (χ0v) is 11.7. The summed E-state index contributed by atoms with van der Waals surface area (Å²) in [7, 11) is 1.75. The van der Waals surface area contributed by atoms with Crippen molar-refractivity contribution in [3.05, 3.63) is 35.2 Å². The van der Waals surface area contributed by atoms with Gasteiger partial charge in [-0.05, 0) is 28.8 Å². The molecule has 1 heterocycles. The Balaban J connectivity index is 2.39. The van der Waals surface area contributed by atoms with Crippen molar-refractivity contribution in [2.75, 3.05) is 7.11 Å². The summed E-state index contributed by atoms with van der Waals surface area (Å²) in [5.74, 6) is 5.75. The van der Waals surface area contributed by atoms with Crippen LogP contribution in [0.1, 0.15) is 31.4 Å². The number of nitrogens with one attached hydrogen (secondary N) is 1. The van der Waals surface area contributed by atoms with Gasteiger partial charge in [0.15, 0.2) is 0 Å². The molecule has 0 saturated heterocycles. The minimum atomic E-state index is 0.0392. The van der Waals surface area contributed by atoms with Gasteiger partial charge in [-0.2, -0.15) is 0 Å². The average molecular weight is 264 g/mol. The maximum atomic E-state index is 5.75. The first-order valence-electron chi connectivity index (χ1n) is 6.26. The minimum absolute atomic E-state index is 0.0392. The average Bonchev–Trinajstić information content (AvgIpc) is 2.87. The molecule has 18 heavy (non-hydrogen) atoms. The predicted octanol–water partition coefficient (Wildman–Crippen LogP) is 3.22. The number of benzene rings is 1. The molecule has 2 atom stereocenters. The van der Waals surface area contributed by atoms with Gasteiger partial charge in [0.25, 0.3) is 0 Å². The Bertz CT molecular complexity index is 497. The predicted molar refractivity (Wildman–Crippen MR) is 77.6 cm³/mol. The number of fused-ring (bicyclic) bond motifs is 1. The van der Waals surface area contributed by atoms with Gasteiger partial charge in [-0.15, -0.1) is 11.3 Å². The molecule has 98 valence electrons. The van der Waals surface area contributed by atoms with Crippen LogP contribution in [0.4, 0.5) is 0 Å². The summed E-state index contributed by atoms with van der Waals surface area (Å²) < 4.78 is 6.88. The first-order valence-corrected chi connectivity index (χ1v) is 7.14. The van der Waals surface area contributed by atoms with Gasteiger partial charge in [0.05, 0.1) is 12.1 Å². The highest BCUT2D eigenvalue weighted by Gasteiger charge is 2.23. The van der Waals surface area contributed by atoms with E-state index in [1.54, 1.807) is 18.4 Å². The van der Waals surface area contributed by atoms with Crippen molar-refractivity contribution in [3.8, 4) is 0 Å². The van der Waals surface area contributed by atoms with Gasteiger partial charge in [-0.3, -0.25) is 11.3 Å². The van der Waals surface area contributed by atoms with E-state index in [1.807, 2.05) is 0 Å². The lowest BCUT2D eigenvalue weighted by molar-refractivity contribution is 0.0611. The van der Waals surface area contributed by atoms with Crippen molar-refractivity contribution in [2.24, 2.45) is 5.84 Å². The van der Waals surface area contributed by atoms with Crippen LogP contribution in [0.15, 0.2) is 29.6 Å². The largest absolute Gasteiger partial charge is 0.379 e. The highest BCUT2D eigenvalue weighted by molar-refractivity contribution is 7.17. The van der Waals surface area contributed by atoms with Crippen molar-refractivity contribution < 1.29 is 4.74 Å². The lowest BCUT2D eigenvalue weighted by atomic mass is 9.98. The molecule has 0 spiro atoms. The third kappa shape index (κ3) is 2.57. The lowest BCUT2D eigenvalue weighted by Crippen LogP contribution is -2.37. The maximum Gasteiger partial charge on any atom is 0.0779 e. The van der Waals surface area contributed by atoms with Crippen LogP contribution in [-0.2, 0) is 4.74 Å². The van der Waals surface area contributed by atoms with E-state index in [4.69, 9.17) is 10.6 Å². The number of thiophene rings is 1. The second-order valence-electron chi connectivity index (χ2n) is 4.39. The van der Waals surface area contributed by atoms with E-state index in [2.05, 4.69) is 42.0 Å². The van der Waals surface area contributed by atoms with Gasteiger partial charge >= 0.3 is 0 Å². The van der Waals surface area contributed by atoms with E-state index < -0.39 is 0 Å². The lowest BCUT2D eigenvalue weighted by Gasteiger charge is -2.26. The Hall–Kier alpha value is -0.940. The summed E-state index contributed by atoms with van der Waals surface area (Å²) in [6.07, 6.45) is 2.18. The van der Waals surface area contributed by atoms with Crippen LogP contribution < -0.4 is 11.3 Å². The molecular weight excluding hydrogens is 244 g/mol. The molecule has 2 unspecified atom stereocenters. The first kappa shape index (κ1) is 13.5. The van der Waals surface area contributed by atoms with Crippen molar-refractivity contribution >= 4 is 21.4 Å². The number of rotatable bonds is 6. The van der Waals surface area contributed by atoms with E-state index in [1.165, 1.54) is 15.6 Å². The smallest absolute Gasteiger partial charge is 0.0779 e. The fourth-order valence-electron chi connectivity index (χ4n) is 2.36. The fraction of sp³-hybridized carbons (Fsp3) is 0.429. The Morgan fingerprint density at radius 3 is 2.89 bits per heavy atom. The van der Waals surface area contributed by atoms with E-state index >= 15 is 0 Å². The molecule has 2 rings (SSSR count). The van der Waals surface area contributed by atoms with Crippen LogP contribution in [0, 0.1) is 0 Å². The van der Waals surface area contributed by atoms with Gasteiger partial charge in [0.2, 0.25) is 0 Å². The molecule has 2 aromatic rings. The van der Waals surface area contributed by atoms with Gasteiger partial charge in [-0.1, -0.05) is 31.5 Å². The Morgan fingerprint density at radius 1 is 1.39 bits per heavy atom. The summed E-state index contributed by atoms with van der Waals surface area (Å²) in [5.41, 5.74) is 4.14. The van der Waals surface area contributed by atoms with Gasteiger partial charge in [0.1, 0.15) is 0 Å². The number of hydrogen-bond donors (Lipinski definition) is 2. The van der Waals surface area contributed by atoms with Crippen molar-refractivity contribution in [3.63, 3.8) is 0 Å². The minimum Gasteiger partial charge on any atom is -0.379 e. The quantitative estimate of drug-likeness (QED) is 0.622.